The number of benzene rings is 1. The molecule has 2 aliphatic rings. The zero-order chi connectivity index (χ0) is 25.4. The molecule has 5 rings (SSSR count). The minimum absolute atomic E-state index is 0.156. The fourth-order valence-electron chi connectivity index (χ4n) is 4.98. The molecule has 36 heavy (non-hydrogen) atoms. The average Bonchev–Trinajstić information content (AvgIpc) is 3.59. The van der Waals surface area contributed by atoms with E-state index < -0.39 is 12.2 Å². The van der Waals surface area contributed by atoms with Gasteiger partial charge in [0.2, 0.25) is 5.91 Å². The molecule has 190 valence electrons. The maximum atomic E-state index is 14.6. The maximum absolute atomic E-state index is 14.6. The van der Waals surface area contributed by atoms with Gasteiger partial charge in [0.25, 0.3) is 5.91 Å². The standard InChI is InChI=1S/C27H32FN5O3/c1-14-4-9-22(36-12-17-5-6-17)19(10-14)24-26-25(30-13-29-24)23(15(2)31-26)27(35)33-18-7-8-21(20(28)11-18)32-16(3)34/h4,9-10,13,17-18,20-21,31H,5-8,11-12H2,1-3H3,(H,32,34)(H,33,35). The Morgan fingerprint density at radius 1 is 1.14 bits per heavy atom. The number of hydrogen-bond donors (Lipinski definition) is 3. The second-order valence-electron chi connectivity index (χ2n) is 10.1. The number of nitrogens with zero attached hydrogens (tertiary/aromatic N) is 2. The first-order valence-corrected chi connectivity index (χ1v) is 12.6. The minimum Gasteiger partial charge on any atom is -0.493 e. The predicted molar refractivity (Wildman–Crippen MR) is 135 cm³/mol. The number of H-pyrrole nitrogens is 1. The Labute approximate surface area is 209 Å². The van der Waals surface area contributed by atoms with Gasteiger partial charge in [0, 0.05) is 30.6 Å². The molecule has 3 atom stereocenters. The van der Waals surface area contributed by atoms with Crippen LogP contribution in [0.25, 0.3) is 22.3 Å². The van der Waals surface area contributed by atoms with Crippen molar-refractivity contribution >= 4 is 22.8 Å². The van der Waals surface area contributed by atoms with Crippen LogP contribution in [0.4, 0.5) is 4.39 Å². The Balaban J connectivity index is 1.40. The Morgan fingerprint density at radius 2 is 1.94 bits per heavy atom. The molecule has 1 aromatic carbocycles. The van der Waals surface area contributed by atoms with Crippen LogP contribution in [0.5, 0.6) is 5.75 Å². The van der Waals surface area contributed by atoms with Crippen molar-refractivity contribution in [1.29, 1.82) is 0 Å². The van der Waals surface area contributed by atoms with Gasteiger partial charge in [-0.25, -0.2) is 14.4 Å². The van der Waals surface area contributed by atoms with Gasteiger partial charge in [-0.2, -0.15) is 0 Å². The third kappa shape index (κ3) is 5.05. The lowest BCUT2D eigenvalue weighted by molar-refractivity contribution is -0.120. The number of hydrogen-bond acceptors (Lipinski definition) is 5. The van der Waals surface area contributed by atoms with Crippen LogP contribution in [0.2, 0.25) is 0 Å². The van der Waals surface area contributed by atoms with Crippen molar-refractivity contribution in [3.05, 3.63) is 41.3 Å². The Hall–Kier alpha value is -3.49. The first kappa shape index (κ1) is 24.2. The molecule has 8 nitrogen and oxygen atoms in total. The summed E-state index contributed by atoms with van der Waals surface area (Å²) in [6, 6.07) is 5.19. The number of aromatic nitrogens is 3. The van der Waals surface area contributed by atoms with E-state index in [4.69, 9.17) is 4.74 Å². The first-order valence-electron chi connectivity index (χ1n) is 12.6. The van der Waals surface area contributed by atoms with Crippen LogP contribution in [0.1, 0.15) is 60.6 Å². The van der Waals surface area contributed by atoms with Gasteiger partial charge in [-0.3, -0.25) is 9.59 Å². The molecule has 0 radical (unpaired) electrons. The minimum atomic E-state index is -1.21. The van der Waals surface area contributed by atoms with E-state index in [1.807, 2.05) is 32.0 Å². The Kier molecular flexibility index (Phi) is 6.64. The molecule has 0 aliphatic heterocycles. The van der Waals surface area contributed by atoms with Gasteiger partial charge >= 0.3 is 0 Å². The predicted octanol–water partition coefficient (Wildman–Crippen LogP) is 4.16. The van der Waals surface area contributed by atoms with Crippen molar-refractivity contribution < 1.29 is 18.7 Å². The summed E-state index contributed by atoms with van der Waals surface area (Å²) in [4.78, 5) is 36.9. The van der Waals surface area contributed by atoms with E-state index in [9.17, 15) is 14.0 Å². The normalized spacial score (nSPS) is 21.8. The zero-order valence-corrected chi connectivity index (χ0v) is 20.9. The molecule has 2 aromatic heterocycles. The van der Waals surface area contributed by atoms with Crippen LogP contribution in [0.3, 0.4) is 0 Å². The number of rotatable bonds is 7. The highest BCUT2D eigenvalue weighted by Crippen LogP contribution is 2.37. The number of halogens is 1. The highest BCUT2D eigenvalue weighted by atomic mass is 19.1. The van der Waals surface area contributed by atoms with Crippen LogP contribution in [-0.2, 0) is 4.79 Å². The molecule has 2 amide bonds. The summed E-state index contributed by atoms with van der Waals surface area (Å²) in [6.07, 6.45) is 3.87. The lowest BCUT2D eigenvalue weighted by atomic mass is 9.89. The van der Waals surface area contributed by atoms with Crippen molar-refractivity contribution in [3.63, 3.8) is 0 Å². The van der Waals surface area contributed by atoms with Crippen molar-refractivity contribution in [2.75, 3.05) is 6.61 Å². The summed E-state index contributed by atoms with van der Waals surface area (Å²) in [7, 11) is 0. The van der Waals surface area contributed by atoms with E-state index >= 15 is 0 Å². The number of nitrogens with one attached hydrogen (secondary N) is 3. The van der Waals surface area contributed by atoms with Crippen LogP contribution in [0.15, 0.2) is 24.5 Å². The molecule has 2 aliphatic carbocycles. The number of carbonyl (C=O) groups is 2. The third-order valence-corrected chi connectivity index (χ3v) is 7.06. The van der Waals surface area contributed by atoms with Gasteiger partial charge in [0.15, 0.2) is 0 Å². The summed E-state index contributed by atoms with van der Waals surface area (Å²) < 4.78 is 20.7. The number of aromatic amines is 1. The molecule has 0 bridgehead atoms. The highest BCUT2D eigenvalue weighted by Gasteiger charge is 2.33. The number of ether oxygens (including phenoxy) is 1. The van der Waals surface area contributed by atoms with E-state index in [0.717, 1.165) is 16.9 Å². The zero-order valence-electron chi connectivity index (χ0n) is 20.9. The molecular formula is C27H32FN5O3. The van der Waals surface area contributed by atoms with E-state index in [1.165, 1.54) is 26.1 Å². The quantitative estimate of drug-likeness (QED) is 0.458. The monoisotopic (exact) mass is 493 g/mol. The van der Waals surface area contributed by atoms with E-state index in [2.05, 4.69) is 25.6 Å². The fraction of sp³-hybridized carbons (Fsp3) is 0.481. The van der Waals surface area contributed by atoms with Gasteiger partial charge in [-0.1, -0.05) is 11.6 Å². The van der Waals surface area contributed by atoms with Gasteiger partial charge < -0.3 is 20.4 Å². The van der Waals surface area contributed by atoms with Crippen molar-refractivity contribution in [1.82, 2.24) is 25.6 Å². The molecule has 3 N–H and O–H groups in total. The SMILES string of the molecule is CC(=O)NC1CCC(NC(=O)c2c(C)[nH]c3c(-c4cc(C)ccc4OCC4CC4)ncnc23)CC1F. The second kappa shape index (κ2) is 9.87. The van der Waals surface area contributed by atoms with Gasteiger partial charge in [-0.15, -0.1) is 0 Å². The first-order chi connectivity index (χ1) is 17.3. The second-order valence-corrected chi connectivity index (χ2v) is 10.1. The van der Waals surface area contributed by atoms with E-state index in [-0.39, 0.29) is 24.3 Å². The Morgan fingerprint density at radius 3 is 2.67 bits per heavy atom. The lowest BCUT2D eigenvalue weighted by Crippen LogP contribution is -2.49. The van der Waals surface area contributed by atoms with Crippen LogP contribution in [0, 0.1) is 19.8 Å². The largest absolute Gasteiger partial charge is 0.493 e. The smallest absolute Gasteiger partial charge is 0.255 e. The van der Waals surface area contributed by atoms with Gasteiger partial charge in [0.1, 0.15) is 29.5 Å². The Bertz CT molecular complexity index is 1300. The summed E-state index contributed by atoms with van der Waals surface area (Å²) >= 11 is 0. The number of aryl methyl sites for hydroxylation is 2. The molecule has 3 unspecified atom stereocenters. The van der Waals surface area contributed by atoms with E-state index in [0.29, 0.717) is 53.4 Å². The number of carbonyl (C=O) groups excluding carboxylic acids is 2. The summed E-state index contributed by atoms with van der Waals surface area (Å²) in [6.45, 7) is 5.91. The van der Waals surface area contributed by atoms with Crippen molar-refractivity contribution in [2.24, 2.45) is 5.92 Å². The number of fused-ring (bicyclic) bond motifs is 1. The molecule has 2 heterocycles. The van der Waals surface area contributed by atoms with Crippen molar-refractivity contribution in [3.8, 4) is 17.0 Å². The summed E-state index contributed by atoms with van der Waals surface area (Å²) in [5, 5.41) is 5.64. The van der Waals surface area contributed by atoms with Gasteiger partial charge in [0.05, 0.1) is 23.7 Å². The maximum Gasteiger partial charge on any atom is 0.255 e. The molecule has 0 saturated heterocycles. The van der Waals surface area contributed by atoms with Crippen LogP contribution < -0.4 is 15.4 Å². The number of amides is 2. The molecular weight excluding hydrogens is 461 g/mol. The molecule has 3 aromatic rings. The average molecular weight is 494 g/mol. The van der Waals surface area contributed by atoms with E-state index in [1.54, 1.807) is 0 Å². The molecule has 0 spiro atoms. The number of alkyl halides is 1. The topological polar surface area (TPSA) is 109 Å². The molecule has 2 fully saturated rings. The lowest BCUT2D eigenvalue weighted by Gasteiger charge is -2.32. The fourth-order valence-corrected chi connectivity index (χ4v) is 4.98. The third-order valence-electron chi connectivity index (χ3n) is 7.06. The van der Waals surface area contributed by atoms with Crippen molar-refractivity contribution in [2.45, 2.75) is 71.1 Å². The molecule has 2 saturated carbocycles. The van der Waals surface area contributed by atoms with Gasteiger partial charge in [-0.05, 0) is 57.6 Å². The summed E-state index contributed by atoms with van der Waals surface area (Å²) in [5.74, 6) is 0.832. The molecule has 9 heteroatoms. The van der Waals surface area contributed by atoms with Crippen LogP contribution >= 0.6 is 0 Å². The van der Waals surface area contributed by atoms with Crippen LogP contribution in [-0.4, -0.2) is 51.6 Å². The highest BCUT2D eigenvalue weighted by molar-refractivity contribution is 6.09. The summed E-state index contributed by atoms with van der Waals surface area (Å²) in [5.41, 5.74) is 4.90.